The van der Waals surface area contributed by atoms with Gasteiger partial charge in [0.1, 0.15) is 0 Å². The van der Waals surface area contributed by atoms with Crippen molar-refractivity contribution in [3.8, 4) is 0 Å². The average Bonchev–Trinajstić information content (AvgIpc) is 1.82. The van der Waals surface area contributed by atoms with Crippen molar-refractivity contribution in [3.63, 3.8) is 0 Å². The van der Waals surface area contributed by atoms with Crippen LogP contribution in [0, 0.1) is 5.41 Å². The van der Waals surface area contributed by atoms with Crippen molar-refractivity contribution in [2.45, 2.75) is 19.8 Å². The molecule has 0 heterocycles. The molecule has 0 aliphatic carbocycles. The van der Waals surface area contributed by atoms with Gasteiger partial charge in [0.25, 0.3) is 0 Å². The molecule has 3 N–H and O–H groups in total. The fraction of sp³-hybridized carbons (Fsp3) is 0.800. The van der Waals surface area contributed by atoms with Crippen LogP contribution in [0.1, 0.15) is 19.8 Å². The van der Waals surface area contributed by atoms with Crippen LogP contribution in [-0.4, -0.2) is 16.9 Å². The second kappa shape index (κ2) is 4.44. The van der Waals surface area contributed by atoms with Crippen LogP contribution in [0.4, 0.5) is 0 Å². The van der Waals surface area contributed by atoms with Crippen LogP contribution in [0.15, 0.2) is 0 Å². The van der Waals surface area contributed by atoms with Gasteiger partial charge in [0, 0.05) is 18.3 Å². The zero-order valence-corrected chi connectivity index (χ0v) is 6.28. The highest BCUT2D eigenvalue weighted by molar-refractivity contribution is 6.21. The third-order valence-corrected chi connectivity index (χ3v) is 1.32. The Balaban J connectivity index is 3.27. The highest BCUT2D eigenvalue weighted by Crippen LogP contribution is 1.96. The average molecular weight is 150 g/mol. The molecule has 0 saturated heterocycles. The maximum atomic E-state index is 6.85. The van der Waals surface area contributed by atoms with Crippen LogP contribution < -0.4 is 5.73 Å². The number of hydrogen-bond acceptors (Lipinski definition) is 1. The Hall–Kier alpha value is -0.440. The predicted octanol–water partition coefficient (Wildman–Crippen LogP) is 1.14. The minimum atomic E-state index is -0.0786. The Morgan fingerprint density at radius 2 is 2.33 bits per heavy atom. The summed E-state index contributed by atoms with van der Waals surface area (Å²) in [5.74, 6) is -0.0786. The van der Waals surface area contributed by atoms with Crippen molar-refractivity contribution in [1.29, 1.82) is 5.41 Å². The summed E-state index contributed by atoms with van der Waals surface area (Å²) in [5, 5.41) is 6.85. The lowest BCUT2D eigenvalue weighted by Crippen LogP contribution is -2.29. The Morgan fingerprint density at radius 3 is 2.67 bits per heavy atom. The molecule has 3 nitrogen and oxygen atoms in total. The minimum absolute atomic E-state index is 0.0786. The fourth-order valence-corrected chi connectivity index (χ4v) is 0.537. The summed E-state index contributed by atoms with van der Waals surface area (Å²) in [6.07, 6.45) is 2.04. The van der Waals surface area contributed by atoms with E-state index < -0.39 is 0 Å². The zero-order valence-electron chi connectivity index (χ0n) is 5.52. The number of nitrogens with two attached hydrogens (primary N) is 1. The molecule has 0 spiro atoms. The van der Waals surface area contributed by atoms with Crippen LogP contribution >= 0.6 is 11.8 Å². The molecule has 0 aliphatic rings. The minimum Gasteiger partial charge on any atom is -0.369 e. The summed E-state index contributed by atoms with van der Waals surface area (Å²) < 4.78 is 1.21. The second-order valence-electron chi connectivity index (χ2n) is 1.82. The summed E-state index contributed by atoms with van der Waals surface area (Å²) in [7, 11) is 0. The molecule has 0 atom stereocenters. The van der Waals surface area contributed by atoms with Crippen molar-refractivity contribution in [1.82, 2.24) is 4.42 Å². The van der Waals surface area contributed by atoms with E-state index in [4.69, 9.17) is 22.9 Å². The summed E-state index contributed by atoms with van der Waals surface area (Å²) in [6, 6.07) is 0. The van der Waals surface area contributed by atoms with E-state index in [1.54, 1.807) is 0 Å². The lowest BCUT2D eigenvalue weighted by molar-refractivity contribution is 0.595. The molecule has 0 radical (unpaired) electrons. The quantitative estimate of drug-likeness (QED) is 0.359. The molecule has 0 bridgehead atoms. The monoisotopic (exact) mass is 149 g/mol. The maximum absolute atomic E-state index is 6.85. The molecule has 0 fully saturated rings. The van der Waals surface area contributed by atoms with E-state index in [9.17, 15) is 0 Å². The van der Waals surface area contributed by atoms with Crippen LogP contribution in [0.25, 0.3) is 0 Å². The van der Waals surface area contributed by atoms with Gasteiger partial charge < -0.3 is 5.73 Å². The van der Waals surface area contributed by atoms with Gasteiger partial charge in [-0.2, -0.15) is 0 Å². The summed E-state index contributed by atoms with van der Waals surface area (Å²) in [6.45, 7) is 2.72. The van der Waals surface area contributed by atoms with Crippen molar-refractivity contribution in [3.05, 3.63) is 0 Å². The first-order valence-electron chi connectivity index (χ1n) is 2.95. The van der Waals surface area contributed by atoms with E-state index in [1.165, 1.54) is 4.42 Å². The summed E-state index contributed by atoms with van der Waals surface area (Å²) in [4.78, 5) is 0. The number of rotatable bonds is 3. The predicted molar refractivity (Wildman–Crippen MR) is 39.4 cm³/mol. The Kier molecular flexibility index (Phi) is 4.22. The van der Waals surface area contributed by atoms with E-state index in [0.29, 0.717) is 6.54 Å². The number of hydrogen-bond donors (Lipinski definition) is 2. The number of unbranched alkanes of at least 4 members (excludes halogenated alkanes) is 1. The first kappa shape index (κ1) is 8.56. The highest BCUT2D eigenvalue weighted by Gasteiger charge is 1.98. The summed E-state index contributed by atoms with van der Waals surface area (Å²) >= 11 is 5.48. The number of nitrogens with zero attached hydrogens (tertiary/aromatic N) is 1. The largest absolute Gasteiger partial charge is 0.369 e. The third kappa shape index (κ3) is 4.09. The van der Waals surface area contributed by atoms with Crippen molar-refractivity contribution >= 4 is 17.7 Å². The normalized spacial score (nSPS) is 9.11. The van der Waals surface area contributed by atoms with Crippen LogP contribution in [0.5, 0.6) is 0 Å². The molecule has 0 aromatic carbocycles. The number of halogens is 1. The molecule has 54 valence electrons. The van der Waals surface area contributed by atoms with Gasteiger partial charge in [0.15, 0.2) is 0 Å². The second-order valence-corrected chi connectivity index (χ2v) is 2.23. The van der Waals surface area contributed by atoms with Crippen LogP contribution in [0.2, 0.25) is 0 Å². The molecular formula is C5H12ClN3. The number of guanidine groups is 1. The van der Waals surface area contributed by atoms with E-state index in [0.717, 1.165) is 12.8 Å². The topological polar surface area (TPSA) is 53.1 Å². The van der Waals surface area contributed by atoms with Crippen LogP contribution in [0.3, 0.4) is 0 Å². The van der Waals surface area contributed by atoms with E-state index >= 15 is 0 Å². The lowest BCUT2D eigenvalue weighted by atomic mass is 10.3. The maximum Gasteiger partial charge on any atom is 0.203 e. The van der Waals surface area contributed by atoms with Gasteiger partial charge >= 0.3 is 0 Å². The molecule has 0 aromatic heterocycles. The Bertz CT molecular complexity index is 94.2. The van der Waals surface area contributed by atoms with E-state index in [1.807, 2.05) is 0 Å². The lowest BCUT2D eigenvalue weighted by Gasteiger charge is -2.10. The van der Waals surface area contributed by atoms with E-state index in [-0.39, 0.29) is 5.96 Å². The summed E-state index contributed by atoms with van der Waals surface area (Å²) in [5.41, 5.74) is 5.05. The van der Waals surface area contributed by atoms with Gasteiger partial charge in [-0.25, -0.2) is 0 Å². The van der Waals surface area contributed by atoms with Gasteiger partial charge in [-0.05, 0) is 6.42 Å². The molecule has 0 aliphatic heterocycles. The van der Waals surface area contributed by atoms with Crippen LogP contribution in [-0.2, 0) is 0 Å². The van der Waals surface area contributed by atoms with Gasteiger partial charge in [-0.1, -0.05) is 13.3 Å². The molecule has 4 heteroatoms. The molecule has 0 aromatic rings. The number of nitrogens with one attached hydrogen (secondary N) is 1. The van der Waals surface area contributed by atoms with Crippen molar-refractivity contribution in [2.75, 3.05) is 6.54 Å². The molecule has 0 unspecified atom stereocenters. The first-order valence-corrected chi connectivity index (χ1v) is 3.29. The van der Waals surface area contributed by atoms with Gasteiger partial charge in [-0.15, -0.1) is 0 Å². The molecule has 0 rings (SSSR count). The SMILES string of the molecule is CCCCN(Cl)C(=N)N. The van der Waals surface area contributed by atoms with E-state index in [2.05, 4.69) is 6.92 Å². The fourth-order valence-electron chi connectivity index (χ4n) is 0.417. The Labute approximate surface area is 60.4 Å². The zero-order chi connectivity index (χ0) is 7.28. The molecule has 0 saturated carbocycles. The first-order chi connectivity index (χ1) is 4.18. The molecule has 0 amide bonds. The van der Waals surface area contributed by atoms with Gasteiger partial charge in [0.2, 0.25) is 5.96 Å². The van der Waals surface area contributed by atoms with Gasteiger partial charge in [-0.3, -0.25) is 9.83 Å². The smallest absolute Gasteiger partial charge is 0.203 e. The molecular weight excluding hydrogens is 138 g/mol. The third-order valence-electron chi connectivity index (χ3n) is 0.969. The van der Waals surface area contributed by atoms with Gasteiger partial charge in [0.05, 0.1) is 0 Å². The molecule has 9 heavy (non-hydrogen) atoms. The van der Waals surface area contributed by atoms with Crippen molar-refractivity contribution in [2.24, 2.45) is 5.73 Å². The standard InChI is InChI=1S/C5H12ClN3/c1-2-3-4-9(6)5(7)8/h2-4H2,1H3,(H3,7,8). The highest BCUT2D eigenvalue weighted by atomic mass is 35.5. The van der Waals surface area contributed by atoms with Crippen molar-refractivity contribution < 1.29 is 0 Å². The Morgan fingerprint density at radius 1 is 1.78 bits per heavy atom.